The van der Waals surface area contributed by atoms with Crippen molar-refractivity contribution < 1.29 is 9.66 Å². The third-order valence-electron chi connectivity index (χ3n) is 5.35. The first-order chi connectivity index (χ1) is 14.5. The lowest BCUT2D eigenvalue weighted by Gasteiger charge is -2.30. The molecule has 152 valence electrons. The lowest BCUT2D eigenvalue weighted by atomic mass is 10.1. The number of aromatic amines is 1. The van der Waals surface area contributed by atoms with Crippen LogP contribution in [-0.2, 0) is 4.74 Å². The van der Waals surface area contributed by atoms with E-state index in [9.17, 15) is 15.4 Å². The maximum atomic E-state index is 11.3. The number of aromatic nitrogens is 2. The van der Waals surface area contributed by atoms with Crippen LogP contribution in [0.2, 0.25) is 0 Å². The van der Waals surface area contributed by atoms with Gasteiger partial charge in [-0.15, -0.1) is 0 Å². The lowest BCUT2D eigenvalue weighted by molar-refractivity contribution is -0.384. The van der Waals surface area contributed by atoms with Gasteiger partial charge in [-0.05, 0) is 49.2 Å². The van der Waals surface area contributed by atoms with Gasteiger partial charge in [-0.1, -0.05) is 0 Å². The fourth-order valence-electron chi connectivity index (χ4n) is 3.57. The molecule has 4 rings (SSSR count). The molecule has 2 heterocycles. The molecule has 2 aromatic carbocycles. The van der Waals surface area contributed by atoms with Crippen molar-refractivity contribution in [2.75, 3.05) is 31.2 Å². The zero-order valence-electron chi connectivity index (χ0n) is 16.8. The quantitative estimate of drug-likeness (QED) is 0.401. The van der Waals surface area contributed by atoms with Crippen molar-refractivity contribution >= 4 is 34.1 Å². The standard InChI is InChI=1S/C22H21N5O3/c1-14-9-19-20(10-15(14)2)25-22(24-19)17(13-23)11-16-12-18(27(28)29)3-4-21(16)26-5-7-30-8-6-26/h3-4,9-12H,5-8H2,1-2H3,(H,24,25)/b17-11-. The molecule has 0 amide bonds. The molecule has 30 heavy (non-hydrogen) atoms. The van der Waals surface area contributed by atoms with Crippen LogP contribution in [0, 0.1) is 35.3 Å². The van der Waals surface area contributed by atoms with E-state index in [4.69, 9.17) is 4.74 Å². The number of fused-ring (bicyclic) bond motifs is 1. The summed E-state index contributed by atoms with van der Waals surface area (Å²) in [6.07, 6.45) is 1.66. The van der Waals surface area contributed by atoms with Crippen LogP contribution in [0.25, 0.3) is 22.7 Å². The average Bonchev–Trinajstić information content (AvgIpc) is 3.15. The second kappa shape index (κ2) is 7.97. The molecule has 1 saturated heterocycles. The van der Waals surface area contributed by atoms with E-state index in [2.05, 4.69) is 20.9 Å². The van der Waals surface area contributed by atoms with E-state index in [1.807, 2.05) is 26.0 Å². The summed E-state index contributed by atoms with van der Waals surface area (Å²) in [6.45, 7) is 6.59. The minimum absolute atomic E-state index is 0.0218. The topological polar surface area (TPSA) is 108 Å². The molecule has 0 unspecified atom stereocenters. The van der Waals surface area contributed by atoms with Gasteiger partial charge in [0.1, 0.15) is 11.9 Å². The highest BCUT2D eigenvalue weighted by Gasteiger charge is 2.18. The highest BCUT2D eigenvalue weighted by Crippen LogP contribution is 2.30. The molecule has 0 saturated carbocycles. The number of morpholine rings is 1. The summed E-state index contributed by atoms with van der Waals surface area (Å²) in [6, 6.07) is 10.9. The second-order valence-electron chi connectivity index (χ2n) is 7.31. The number of nitrogens with zero attached hydrogens (tertiary/aromatic N) is 4. The third kappa shape index (κ3) is 3.75. The normalized spacial score (nSPS) is 14.7. The van der Waals surface area contributed by atoms with E-state index in [1.165, 1.54) is 12.1 Å². The number of non-ortho nitro benzene ring substituents is 1. The van der Waals surface area contributed by atoms with Crippen molar-refractivity contribution in [2.24, 2.45) is 0 Å². The van der Waals surface area contributed by atoms with Gasteiger partial charge in [0.15, 0.2) is 0 Å². The van der Waals surface area contributed by atoms with Crippen LogP contribution in [0.15, 0.2) is 30.3 Å². The summed E-state index contributed by atoms with van der Waals surface area (Å²) in [5.41, 5.74) is 5.62. The van der Waals surface area contributed by atoms with Gasteiger partial charge >= 0.3 is 0 Å². The van der Waals surface area contributed by atoms with E-state index in [1.54, 1.807) is 12.1 Å². The van der Waals surface area contributed by atoms with E-state index in [-0.39, 0.29) is 5.69 Å². The Morgan fingerprint density at radius 3 is 2.70 bits per heavy atom. The molecule has 8 heteroatoms. The fraction of sp³-hybridized carbons (Fsp3) is 0.273. The number of nitro groups is 1. The number of nitriles is 1. The van der Waals surface area contributed by atoms with Crippen molar-refractivity contribution in [3.63, 3.8) is 0 Å². The molecular weight excluding hydrogens is 382 g/mol. The van der Waals surface area contributed by atoms with Crippen molar-refractivity contribution in [1.29, 1.82) is 5.26 Å². The Hall–Kier alpha value is -3.70. The Morgan fingerprint density at radius 2 is 2.00 bits per heavy atom. The highest BCUT2D eigenvalue weighted by atomic mass is 16.6. The van der Waals surface area contributed by atoms with Crippen LogP contribution in [0.4, 0.5) is 11.4 Å². The number of nitro benzene ring substituents is 1. The number of hydrogen-bond acceptors (Lipinski definition) is 6. The molecule has 1 fully saturated rings. The average molecular weight is 403 g/mol. The molecule has 0 radical (unpaired) electrons. The Morgan fingerprint density at radius 1 is 1.27 bits per heavy atom. The predicted molar refractivity (Wildman–Crippen MR) is 115 cm³/mol. The Bertz CT molecular complexity index is 1160. The zero-order valence-corrected chi connectivity index (χ0v) is 16.8. The maximum Gasteiger partial charge on any atom is 0.270 e. The van der Waals surface area contributed by atoms with Gasteiger partial charge in [0.2, 0.25) is 0 Å². The van der Waals surface area contributed by atoms with E-state index < -0.39 is 4.92 Å². The number of hydrogen-bond donors (Lipinski definition) is 1. The number of aryl methyl sites for hydroxylation is 2. The first-order valence-corrected chi connectivity index (χ1v) is 9.66. The van der Waals surface area contributed by atoms with Gasteiger partial charge in [-0.3, -0.25) is 10.1 Å². The molecule has 0 aliphatic carbocycles. The number of imidazole rings is 1. The van der Waals surface area contributed by atoms with Gasteiger partial charge < -0.3 is 14.6 Å². The third-order valence-corrected chi connectivity index (χ3v) is 5.35. The summed E-state index contributed by atoms with van der Waals surface area (Å²) in [7, 11) is 0. The zero-order chi connectivity index (χ0) is 21.3. The number of nitrogens with one attached hydrogen (secondary N) is 1. The van der Waals surface area contributed by atoms with Crippen molar-refractivity contribution in [3.05, 3.63) is 63.0 Å². The fourth-order valence-corrected chi connectivity index (χ4v) is 3.57. The number of anilines is 1. The van der Waals surface area contributed by atoms with E-state index in [0.29, 0.717) is 43.3 Å². The first-order valence-electron chi connectivity index (χ1n) is 9.66. The van der Waals surface area contributed by atoms with E-state index >= 15 is 0 Å². The predicted octanol–water partition coefficient (Wildman–Crippen LogP) is 3.99. The van der Waals surface area contributed by atoms with Crippen LogP contribution in [0.5, 0.6) is 0 Å². The summed E-state index contributed by atoms with van der Waals surface area (Å²) in [4.78, 5) is 20.8. The molecule has 1 aliphatic heterocycles. The van der Waals surface area contributed by atoms with Crippen LogP contribution in [0.3, 0.4) is 0 Å². The van der Waals surface area contributed by atoms with Gasteiger partial charge in [-0.25, -0.2) is 4.98 Å². The van der Waals surface area contributed by atoms with Crippen molar-refractivity contribution in [1.82, 2.24) is 9.97 Å². The smallest absolute Gasteiger partial charge is 0.270 e. The van der Waals surface area contributed by atoms with Crippen LogP contribution >= 0.6 is 0 Å². The number of allylic oxidation sites excluding steroid dienone is 1. The summed E-state index contributed by atoms with van der Waals surface area (Å²) in [5, 5.41) is 21.1. The summed E-state index contributed by atoms with van der Waals surface area (Å²) >= 11 is 0. The van der Waals surface area contributed by atoms with Crippen LogP contribution < -0.4 is 4.90 Å². The van der Waals surface area contributed by atoms with Crippen LogP contribution in [-0.4, -0.2) is 41.2 Å². The minimum atomic E-state index is -0.431. The summed E-state index contributed by atoms with van der Waals surface area (Å²) in [5.74, 6) is 0.442. The monoisotopic (exact) mass is 403 g/mol. The van der Waals surface area contributed by atoms with Gasteiger partial charge in [0.05, 0.1) is 34.7 Å². The molecule has 1 N–H and O–H groups in total. The molecular formula is C22H21N5O3. The molecule has 0 bridgehead atoms. The molecule has 1 aromatic heterocycles. The van der Waals surface area contributed by atoms with Crippen LogP contribution in [0.1, 0.15) is 22.5 Å². The first kappa shape index (κ1) is 19.6. The number of H-pyrrole nitrogens is 1. The van der Waals surface area contributed by atoms with Crippen molar-refractivity contribution in [3.8, 4) is 6.07 Å². The molecule has 1 aliphatic rings. The summed E-state index contributed by atoms with van der Waals surface area (Å²) < 4.78 is 5.41. The SMILES string of the molecule is Cc1cc2nc(/C(C#N)=C\c3cc([N+](=O)[O-])ccc3N3CCOCC3)[nH]c2cc1C. The molecule has 0 atom stereocenters. The van der Waals surface area contributed by atoms with Gasteiger partial charge in [0.25, 0.3) is 5.69 Å². The Balaban J connectivity index is 1.82. The molecule has 3 aromatic rings. The largest absolute Gasteiger partial charge is 0.378 e. The van der Waals surface area contributed by atoms with Crippen molar-refractivity contribution in [2.45, 2.75) is 13.8 Å². The Labute approximate surface area is 173 Å². The second-order valence-corrected chi connectivity index (χ2v) is 7.31. The van der Waals surface area contributed by atoms with E-state index in [0.717, 1.165) is 27.8 Å². The maximum absolute atomic E-state index is 11.3. The Kier molecular flexibility index (Phi) is 5.21. The lowest BCUT2D eigenvalue weighted by Crippen LogP contribution is -2.36. The highest BCUT2D eigenvalue weighted by molar-refractivity contribution is 5.93. The molecule has 8 nitrogen and oxygen atoms in total. The minimum Gasteiger partial charge on any atom is -0.378 e. The number of rotatable bonds is 4. The van der Waals surface area contributed by atoms with Gasteiger partial charge in [0, 0.05) is 36.5 Å². The van der Waals surface area contributed by atoms with Gasteiger partial charge in [-0.2, -0.15) is 5.26 Å². The number of ether oxygens (including phenoxy) is 1. The molecule has 0 spiro atoms. The number of benzene rings is 2.